The highest BCUT2D eigenvalue weighted by Crippen LogP contribution is 2.25. The molecule has 0 unspecified atom stereocenters. The smallest absolute Gasteiger partial charge is 0.265 e. The van der Waals surface area contributed by atoms with Gasteiger partial charge in [0.25, 0.3) is 10.0 Å². The molecule has 0 aliphatic carbocycles. The van der Waals surface area contributed by atoms with E-state index < -0.39 is 20.0 Å². The fourth-order valence-corrected chi connectivity index (χ4v) is 3.67. The van der Waals surface area contributed by atoms with E-state index in [-0.39, 0.29) is 20.5 Å². The Labute approximate surface area is 126 Å². The normalized spacial score (nSPS) is 12.3. The van der Waals surface area contributed by atoms with Crippen LogP contribution in [0.2, 0.25) is 5.02 Å². The molecule has 8 nitrogen and oxygen atoms in total. The summed E-state index contributed by atoms with van der Waals surface area (Å²) in [7, 11) is -6.22. The molecule has 1 heterocycles. The SMILES string of the molecule is Cn1cc(S(=O)(=O)Nc2ccc(S(N)(=O)=O)c(Cl)c2)cn1. The minimum Gasteiger partial charge on any atom is -0.279 e. The monoisotopic (exact) mass is 350 g/mol. The summed E-state index contributed by atoms with van der Waals surface area (Å²) in [6, 6.07) is 3.54. The third kappa shape index (κ3) is 3.53. The van der Waals surface area contributed by atoms with Crippen molar-refractivity contribution in [3.05, 3.63) is 35.6 Å². The molecule has 0 radical (unpaired) electrons. The summed E-state index contributed by atoms with van der Waals surface area (Å²) in [5.41, 5.74) is 0.108. The number of rotatable bonds is 4. The van der Waals surface area contributed by atoms with Gasteiger partial charge >= 0.3 is 0 Å². The van der Waals surface area contributed by atoms with E-state index in [1.165, 1.54) is 23.1 Å². The first-order chi connectivity index (χ1) is 9.59. The van der Waals surface area contributed by atoms with Crippen LogP contribution in [0.15, 0.2) is 40.4 Å². The van der Waals surface area contributed by atoms with Crippen molar-refractivity contribution in [1.82, 2.24) is 9.78 Å². The summed E-state index contributed by atoms with van der Waals surface area (Å²) >= 11 is 5.78. The fraction of sp³-hybridized carbons (Fsp3) is 0.100. The molecule has 114 valence electrons. The summed E-state index contributed by atoms with van der Waals surface area (Å²) < 4.78 is 50.2. The largest absolute Gasteiger partial charge is 0.279 e. The van der Waals surface area contributed by atoms with Crippen LogP contribution in [0.5, 0.6) is 0 Å². The lowest BCUT2D eigenvalue weighted by atomic mass is 10.3. The third-order valence-electron chi connectivity index (χ3n) is 2.48. The summed E-state index contributed by atoms with van der Waals surface area (Å²) in [5, 5.41) is 8.55. The number of primary sulfonamides is 1. The van der Waals surface area contributed by atoms with Gasteiger partial charge in [0.1, 0.15) is 9.79 Å². The van der Waals surface area contributed by atoms with E-state index >= 15 is 0 Å². The molecular weight excluding hydrogens is 340 g/mol. The lowest BCUT2D eigenvalue weighted by Crippen LogP contribution is -2.14. The Balaban J connectivity index is 2.35. The minimum absolute atomic E-state index is 0.0309. The second kappa shape index (κ2) is 5.30. The number of nitrogens with zero attached hydrogens (tertiary/aromatic N) is 2. The van der Waals surface area contributed by atoms with Crippen molar-refractivity contribution in [2.24, 2.45) is 12.2 Å². The van der Waals surface area contributed by atoms with E-state index in [1.807, 2.05) is 0 Å². The van der Waals surface area contributed by atoms with E-state index in [0.717, 1.165) is 12.1 Å². The lowest BCUT2D eigenvalue weighted by molar-refractivity contribution is 0.597. The van der Waals surface area contributed by atoms with Crippen LogP contribution in [0.3, 0.4) is 0 Å². The second-order valence-electron chi connectivity index (χ2n) is 4.15. The van der Waals surface area contributed by atoms with E-state index in [0.29, 0.717) is 0 Å². The quantitative estimate of drug-likeness (QED) is 0.831. The molecule has 0 bridgehead atoms. The minimum atomic E-state index is -3.97. The van der Waals surface area contributed by atoms with Gasteiger partial charge in [-0.15, -0.1) is 0 Å². The number of hydrogen-bond donors (Lipinski definition) is 2. The Morgan fingerprint density at radius 2 is 1.95 bits per heavy atom. The second-order valence-corrected chi connectivity index (χ2v) is 7.76. The van der Waals surface area contributed by atoms with Gasteiger partial charge in [-0.25, -0.2) is 22.0 Å². The highest BCUT2D eigenvalue weighted by Gasteiger charge is 2.18. The van der Waals surface area contributed by atoms with Crippen molar-refractivity contribution >= 4 is 37.3 Å². The van der Waals surface area contributed by atoms with Gasteiger partial charge in [0, 0.05) is 13.2 Å². The molecule has 11 heteroatoms. The van der Waals surface area contributed by atoms with Crippen LogP contribution in [0.25, 0.3) is 0 Å². The van der Waals surface area contributed by atoms with Crippen LogP contribution in [-0.2, 0) is 27.1 Å². The molecule has 1 aromatic heterocycles. The number of aryl methyl sites for hydroxylation is 1. The van der Waals surface area contributed by atoms with Crippen molar-refractivity contribution in [3.8, 4) is 0 Å². The highest BCUT2D eigenvalue weighted by molar-refractivity contribution is 7.92. The number of nitrogens with one attached hydrogen (secondary N) is 1. The van der Waals surface area contributed by atoms with E-state index in [2.05, 4.69) is 9.82 Å². The third-order valence-corrected chi connectivity index (χ3v) is 5.21. The maximum absolute atomic E-state index is 12.1. The molecule has 0 spiro atoms. The maximum Gasteiger partial charge on any atom is 0.265 e. The van der Waals surface area contributed by atoms with Gasteiger partial charge in [-0.2, -0.15) is 5.10 Å². The van der Waals surface area contributed by atoms with Gasteiger partial charge in [-0.1, -0.05) is 11.6 Å². The van der Waals surface area contributed by atoms with Gasteiger partial charge in [-0.05, 0) is 18.2 Å². The van der Waals surface area contributed by atoms with Gasteiger partial charge < -0.3 is 0 Å². The van der Waals surface area contributed by atoms with Crippen LogP contribution in [0.4, 0.5) is 5.69 Å². The van der Waals surface area contributed by atoms with Crippen LogP contribution in [0.1, 0.15) is 0 Å². The Morgan fingerprint density at radius 3 is 2.43 bits per heavy atom. The Hall–Kier alpha value is -1.62. The zero-order valence-corrected chi connectivity index (χ0v) is 13.1. The van der Waals surface area contributed by atoms with E-state index in [4.69, 9.17) is 16.7 Å². The molecule has 0 fully saturated rings. The van der Waals surface area contributed by atoms with Gasteiger partial charge in [0.15, 0.2) is 0 Å². The molecule has 0 saturated carbocycles. The summed E-state index contributed by atoms with van der Waals surface area (Å²) in [5.74, 6) is 0. The van der Waals surface area contributed by atoms with Crippen LogP contribution < -0.4 is 9.86 Å². The van der Waals surface area contributed by atoms with Crippen LogP contribution in [-0.4, -0.2) is 26.6 Å². The van der Waals surface area contributed by atoms with Gasteiger partial charge in [0.2, 0.25) is 10.0 Å². The average Bonchev–Trinajstić information content (AvgIpc) is 2.74. The zero-order chi connectivity index (χ0) is 15.8. The first-order valence-corrected chi connectivity index (χ1v) is 8.84. The Kier molecular flexibility index (Phi) is 3.97. The van der Waals surface area contributed by atoms with Gasteiger partial charge in [-0.3, -0.25) is 9.40 Å². The number of anilines is 1. The number of aromatic nitrogens is 2. The molecule has 21 heavy (non-hydrogen) atoms. The van der Waals surface area contributed by atoms with Crippen LogP contribution in [0, 0.1) is 0 Å². The number of benzene rings is 1. The Morgan fingerprint density at radius 1 is 1.29 bits per heavy atom. The summed E-state index contributed by atoms with van der Waals surface area (Å²) in [6.45, 7) is 0. The molecule has 1 aromatic carbocycles. The number of sulfonamides is 2. The zero-order valence-electron chi connectivity index (χ0n) is 10.7. The predicted molar refractivity (Wildman–Crippen MR) is 76.8 cm³/mol. The van der Waals surface area contributed by atoms with E-state index in [1.54, 1.807) is 7.05 Å². The van der Waals surface area contributed by atoms with Crippen molar-refractivity contribution in [2.75, 3.05) is 4.72 Å². The molecule has 0 aliphatic heterocycles. The first-order valence-electron chi connectivity index (χ1n) is 5.43. The molecule has 0 amide bonds. The lowest BCUT2D eigenvalue weighted by Gasteiger charge is -2.08. The molecule has 0 atom stereocenters. The first kappa shape index (κ1) is 15.8. The molecule has 0 aliphatic rings. The number of halogens is 1. The van der Waals surface area contributed by atoms with Gasteiger partial charge in [0.05, 0.1) is 16.9 Å². The molecule has 0 saturated heterocycles. The topological polar surface area (TPSA) is 124 Å². The van der Waals surface area contributed by atoms with Crippen molar-refractivity contribution in [1.29, 1.82) is 0 Å². The standard InChI is InChI=1S/C10H11ClN4O4S2/c1-15-6-8(5-13-15)21(18,19)14-7-2-3-10(9(11)4-7)20(12,16)17/h2-6,14H,1H3,(H2,12,16,17). The highest BCUT2D eigenvalue weighted by atomic mass is 35.5. The van der Waals surface area contributed by atoms with Crippen molar-refractivity contribution in [2.45, 2.75) is 9.79 Å². The maximum atomic E-state index is 12.1. The molecule has 2 rings (SSSR count). The van der Waals surface area contributed by atoms with E-state index in [9.17, 15) is 16.8 Å². The molecule has 3 N–H and O–H groups in total. The summed E-state index contributed by atoms with van der Waals surface area (Å²) in [6.07, 6.45) is 2.51. The predicted octanol–water partition coefficient (Wildman–Crippen LogP) is 0.522. The number of hydrogen-bond acceptors (Lipinski definition) is 5. The fourth-order valence-electron chi connectivity index (χ4n) is 1.55. The van der Waals surface area contributed by atoms with Crippen molar-refractivity contribution < 1.29 is 16.8 Å². The average molecular weight is 351 g/mol. The van der Waals surface area contributed by atoms with Crippen LogP contribution >= 0.6 is 11.6 Å². The molecule has 2 aromatic rings. The molecular formula is C10H11ClN4O4S2. The summed E-state index contributed by atoms with van der Waals surface area (Å²) in [4.78, 5) is -0.315. The van der Waals surface area contributed by atoms with Crippen molar-refractivity contribution in [3.63, 3.8) is 0 Å². The Bertz CT molecular complexity index is 890. The number of nitrogens with two attached hydrogens (primary N) is 1.